The number of nitrogens with zero attached hydrogens (tertiary/aromatic N) is 1. The average molecular weight is 759 g/mol. The van der Waals surface area contributed by atoms with Crippen molar-refractivity contribution >= 4 is 39.0 Å². The minimum Gasteiger partial charge on any atom is -0.511 e. The standard InChI is InChI=1S/C39H38N2O10S2/c42-17-23-4-1-3-21(11-23)12-24-14-27-32(45)26-5-2-6-28-31(26)33(46)38(27,29(44)15-24)19-52-53-20-41-30-16-22(8-10-40-30)13-25-7-9-37(18-43)36(48)39(25,49)34(47)35(50-28)51-37/h1-11,14-16,25,27,34-36,42-44,47-49H,12-13,17-20H2,(H,40,41). The Morgan fingerprint density at radius 1 is 1.02 bits per heavy atom. The van der Waals surface area contributed by atoms with Gasteiger partial charge in [-0.2, -0.15) is 0 Å². The molecule has 8 atom stereocenters. The number of Topliss-reactive ketones (excluding diaryl/α,β-unsaturated/α-hetero) is 2. The third kappa shape index (κ3) is 5.74. The second kappa shape index (κ2) is 13.7. The predicted molar refractivity (Wildman–Crippen MR) is 197 cm³/mol. The first-order valence-corrected chi connectivity index (χ1v) is 19.7. The zero-order valence-corrected chi connectivity index (χ0v) is 29.9. The molecular weight excluding hydrogens is 721 g/mol. The first-order chi connectivity index (χ1) is 25.5. The monoisotopic (exact) mass is 758 g/mol. The van der Waals surface area contributed by atoms with E-state index in [9.17, 15) is 35.4 Å². The molecule has 8 rings (SSSR count). The van der Waals surface area contributed by atoms with Gasteiger partial charge in [0.25, 0.3) is 0 Å². The lowest BCUT2D eigenvalue weighted by atomic mass is 9.60. The van der Waals surface area contributed by atoms with Gasteiger partial charge < -0.3 is 45.4 Å². The van der Waals surface area contributed by atoms with Crippen LogP contribution in [0.3, 0.4) is 0 Å². The number of nitrogens with one attached hydrogen (secondary N) is 1. The van der Waals surface area contributed by atoms with E-state index in [0.717, 1.165) is 16.7 Å². The normalized spacial score (nSPS) is 33.4. The molecular formula is C39H38N2O10S2. The van der Waals surface area contributed by atoms with Crippen LogP contribution >= 0.6 is 21.6 Å². The van der Waals surface area contributed by atoms with Crippen molar-refractivity contribution in [3.05, 3.63) is 124 Å². The molecule has 3 heterocycles. The number of benzene rings is 2. The maximum atomic E-state index is 15.0. The van der Waals surface area contributed by atoms with Gasteiger partial charge >= 0.3 is 0 Å². The van der Waals surface area contributed by atoms with Crippen molar-refractivity contribution in [2.75, 3.05) is 23.6 Å². The molecule has 1 saturated heterocycles. The van der Waals surface area contributed by atoms with Crippen molar-refractivity contribution in [2.45, 2.75) is 49.1 Å². The molecule has 7 N–H and O–H groups in total. The van der Waals surface area contributed by atoms with Gasteiger partial charge in [0, 0.05) is 23.4 Å². The third-order valence-electron chi connectivity index (χ3n) is 11.1. The molecule has 2 aliphatic heterocycles. The topological polar surface area (TPSA) is 199 Å². The number of rotatable bonds is 4. The Kier molecular flexibility index (Phi) is 9.31. The van der Waals surface area contributed by atoms with Crippen LogP contribution < -0.4 is 10.1 Å². The van der Waals surface area contributed by atoms with E-state index in [4.69, 9.17) is 9.47 Å². The fourth-order valence-corrected chi connectivity index (χ4v) is 10.5. The van der Waals surface area contributed by atoms with Crippen LogP contribution in [0.25, 0.3) is 0 Å². The van der Waals surface area contributed by atoms with Gasteiger partial charge in [0.05, 0.1) is 30.6 Å². The molecule has 3 aromatic rings. The van der Waals surface area contributed by atoms with Crippen molar-refractivity contribution < 1.29 is 49.7 Å². The van der Waals surface area contributed by atoms with Crippen molar-refractivity contribution in [2.24, 2.45) is 17.3 Å². The van der Waals surface area contributed by atoms with Gasteiger partial charge in [-0.05, 0) is 59.4 Å². The van der Waals surface area contributed by atoms with E-state index in [1.807, 2.05) is 18.2 Å². The molecule has 1 spiro atoms. The molecule has 276 valence electrons. The highest BCUT2D eigenvalue weighted by Crippen LogP contribution is 2.54. The van der Waals surface area contributed by atoms with E-state index in [1.165, 1.54) is 51.9 Å². The molecule has 8 unspecified atom stereocenters. The number of hydrogen-bond donors (Lipinski definition) is 7. The van der Waals surface area contributed by atoms with E-state index in [0.29, 0.717) is 23.7 Å². The molecule has 2 aromatic carbocycles. The highest BCUT2D eigenvalue weighted by Gasteiger charge is 2.66. The summed E-state index contributed by atoms with van der Waals surface area (Å²) >= 11 is 0. The summed E-state index contributed by atoms with van der Waals surface area (Å²) in [6, 6.07) is 15.4. The van der Waals surface area contributed by atoms with Gasteiger partial charge in [-0.1, -0.05) is 76.2 Å². The number of ether oxygens (including phenoxy) is 2. The van der Waals surface area contributed by atoms with Gasteiger partial charge in [0.2, 0.25) is 6.29 Å². The average Bonchev–Trinajstić information content (AvgIpc) is 3.16. The number of ketones is 2. The zero-order valence-electron chi connectivity index (χ0n) is 28.3. The lowest BCUT2D eigenvalue weighted by molar-refractivity contribution is -0.349. The van der Waals surface area contributed by atoms with Crippen LogP contribution in [0.5, 0.6) is 5.75 Å². The summed E-state index contributed by atoms with van der Waals surface area (Å²) < 4.78 is 12.3. The Morgan fingerprint density at radius 2 is 1.83 bits per heavy atom. The Morgan fingerprint density at radius 3 is 2.64 bits per heavy atom. The fourth-order valence-electron chi connectivity index (χ4n) is 8.25. The minimum absolute atomic E-state index is 0.0105. The SMILES string of the molecule is O=C1c2cccc3c2C(=O)C2(CSSCNc4cc(ccn4)CC4C=CC5(CO)OC(O3)C(O)C4(O)C5O)C(O)=CC(Cc3cccc(CO)c3)=CC12. The Bertz CT molecular complexity index is 2070. The van der Waals surface area contributed by atoms with Crippen molar-refractivity contribution in [3.63, 3.8) is 0 Å². The van der Waals surface area contributed by atoms with Crippen LogP contribution in [0.15, 0.2) is 96.4 Å². The predicted octanol–water partition coefficient (Wildman–Crippen LogP) is 3.29. The summed E-state index contributed by atoms with van der Waals surface area (Å²) in [5.41, 5.74) is -2.98. The molecule has 7 bridgehead atoms. The molecule has 0 saturated carbocycles. The molecule has 5 aliphatic rings. The number of anilines is 1. The number of carbonyl (C=O) groups excluding carboxylic acids is 2. The van der Waals surface area contributed by atoms with Gasteiger partial charge in [0.15, 0.2) is 11.6 Å². The number of fused-ring (bicyclic) bond motifs is 4. The van der Waals surface area contributed by atoms with E-state index in [1.54, 1.807) is 36.5 Å². The number of aromatic nitrogens is 1. The van der Waals surface area contributed by atoms with Crippen LogP contribution in [-0.2, 0) is 24.2 Å². The lowest BCUT2D eigenvalue weighted by Gasteiger charge is -2.57. The third-order valence-corrected chi connectivity index (χ3v) is 13.3. The van der Waals surface area contributed by atoms with Crippen LogP contribution in [-0.4, -0.2) is 95.1 Å². The summed E-state index contributed by atoms with van der Waals surface area (Å²) in [4.78, 5) is 34.0. The molecule has 1 aromatic heterocycles. The summed E-state index contributed by atoms with van der Waals surface area (Å²) in [5, 5.41) is 70.8. The molecule has 0 radical (unpaired) electrons. The summed E-state index contributed by atoms with van der Waals surface area (Å²) in [6.07, 6.45) is 3.07. The summed E-state index contributed by atoms with van der Waals surface area (Å²) in [6.45, 7) is -0.905. The van der Waals surface area contributed by atoms with Gasteiger partial charge in [-0.3, -0.25) is 9.59 Å². The maximum absolute atomic E-state index is 15.0. The molecule has 53 heavy (non-hydrogen) atoms. The minimum atomic E-state index is -2.28. The number of pyridine rings is 1. The van der Waals surface area contributed by atoms with E-state index in [-0.39, 0.29) is 41.4 Å². The van der Waals surface area contributed by atoms with Gasteiger partial charge in [-0.25, -0.2) is 4.98 Å². The fraction of sp³-hybridized carbons (Fsp3) is 0.359. The van der Waals surface area contributed by atoms with Crippen molar-refractivity contribution in [1.82, 2.24) is 4.98 Å². The molecule has 14 heteroatoms. The second-order valence-corrected chi connectivity index (χ2v) is 16.6. The van der Waals surface area contributed by atoms with Crippen LogP contribution in [0.1, 0.15) is 37.4 Å². The quantitative estimate of drug-likeness (QED) is 0.151. The van der Waals surface area contributed by atoms with Gasteiger partial charge in [-0.15, -0.1) is 0 Å². The van der Waals surface area contributed by atoms with Crippen LogP contribution in [0.4, 0.5) is 5.82 Å². The van der Waals surface area contributed by atoms with Crippen molar-refractivity contribution in [1.29, 1.82) is 0 Å². The van der Waals surface area contributed by atoms with E-state index >= 15 is 4.79 Å². The zero-order chi connectivity index (χ0) is 37.1. The first-order valence-electron chi connectivity index (χ1n) is 17.2. The number of aliphatic hydroxyl groups excluding tert-OH is 5. The molecule has 3 aliphatic carbocycles. The maximum Gasteiger partial charge on any atom is 0.230 e. The number of hydrogen-bond acceptors (Lipinski definition) is 14. The highest BCUT2D eigenvalue weighted by molar-refractivity contribution is 8.76. The first kappa shape index (κ1) is 36.0. The number of allylic oxidation sites excluding steroid dienone is 4. The Labute approximate surface area is 312 Å². The molecule has 12 nitrogen and oxygen atoms in total. The Hall–Kier alpha value is -3.99. The number of carbonyl (C=O) groups is 2. The number of aliphatic hydroxyl groups is 6. The summed E-state index contributed by atoms with van der Waals surface area (Å²) in [5.74, 6) is -2.45. The summed E-state index contributed by atoms with van der Waals surface area (Å²) in [7, 11) is 2.70. The van der Waals surface area contributed by atoms with Crippen molar-refractivity contribution in [3.8, 4) is 5.75 Å². The largest absolute Gasteiger partial charge is 0.511 e. The second-order valence-electron chi connectivity index (χ2n) is 14.1. The van der Waals surface area contributed by atoms with E-state index in [2.05, 4.69) is 10.3 Å². The Balaban J connectivity index is 1.24. The lowest BCUT2D eigenvalue weighted by Crippen LogP contribution is -2.76. The molecule has 1 fully saturated rings. The smallest absolute Gasteiger partial charge is 0.230 e. The van der Waals surface area contributed by atoms with E-state index < -0.39 is 65.1 Å². The highest BCUT2D eigenvalue weighted by atomic mass is 33.1. The van der Waals surface area contributed by atoms with Crippen LogP contribution in [0.2, 0.25) is 0 Å². The van der Waals surface area contributed by atoms with Crippen LogP contribution in [0, 0.1) is 17.3 Å². The van der Waals surface area contributed by atoms with Gasteiger partial charge in [0.1, 0.15) is 46.2 Å². The molecule has 0 amide bonds.